The quantitative estimate of drug-likeness (QED) is 0.619. The Balaban J connectivity index is 1.93. The number of ether oxygens (including phenoxy) is 1. The van der Waals surface area contributed by atoms with Crippen molar-refractivity contribution in [3.8, 4) is 5.75 Å². The smallest absolute Gasteiger partial charge is 0.419 e. The molecule has 0 saturated heterocycles. The zero-order valence-corrected chi connectivity index (χ0v) is 12.3. The van der Waals surface area contributed by atoms with Gasteiger partial charge in [0.2, 0.25) is 0 Å². The number of alkyl halides is 3. The van der Waals surface area contributed by atoms with Gasteiger partial charge in [0, 0.05) is 0 Å². The first-order valence-electron chi connectivity index (χ1n) is 7.26. The predicted octanol–water partition coefficient (Wildman–Crippen LogP) is 4.35. The van der Waals surface area contributed by atoms with Gasteiger partial charge >= 0.3 is 12.1 Å². The molecule has 0 bridgehead atoms. The van der Waals surface area contributed by atoms with Crippen molar-refractivity contribution in [2.75, 3.05) is 0 Å². The molecule has 4 nitrogen and oxygen atoms in total. The van der Waals surface area contributed by atoms with Crippen LogP contribution in [0.5, 0.6) is 5.75 Å². The van der Waals surface area contributed by atoms with Gasteiger partial charge < -0.3 is 9.26 Å². The van der Waals surface area contributed by atoms with Crippen molar-refractivity contribution >= 4 is 5.97 Å². The number of rotatable bonds is 4. The second kappa shape index (κ2) is 5.72. The molecular formula is C16H14F3NO3. The second-order valence-electron chi connectivity index (χ2n) is 5.45. The lowest BCUT2D eigenvalue weighted by atomic mass is 10.1. The van der Waals surface area contributed by atoms with Crippen molar-refractivity contribution < 1.29 is 27.2 Å². The highest BCUT2D eigenvalue weighted by Gasteiger charge is 2.36. The van der Waals surface area contributed by atoms with Crippen LogP contribution in [-0.2, 0) is 12.6 Å². The largest absolute Gasteiger partial charge is 0.422 e. The topological polar surface area (TPSA) is 52.3 Å². The van der Waals surface area contributed by atoms with Gasteiger partial charge in [0.25, 0.3) is 0 Å². The summed E-state index contributed by atoms with van der Waals surface area (Å²) in [6, 6.07) is 3.71. The fourth-order valence-electron chi connectivity index (χ4n) is 2.36. The standard InChI is InChI=1S/C16H14F3NO3/c1-2-13-11(8-22-20-13)15(21)23-14-7-10(9-3-4-9)5-6-12(14)16(17,18)19/h5-9H,2-4H2,1H3. The molecule has 122 valence electrons. The normalized spacial score (nSPS) is 14.8. The monoisotopic (exact) mass is 325 g/mol. The predicted molar refractivity (Wildman–Crippen MR) is 74.3 cm³/mol. The number of esters is 1. The van der Waals surface area contributed by atoms with Crippen LogP contribution in [0.25, 0.3) is 0 Å². The highest BCUT2D eigenvalue weighted by molar-refractivity contribution is 5.92. The zero-order chi connectivity index (χ0) is 16.6. The van der Waals surface area contributed by atoms with E-state index in [0.717, 1.165) is 30.7 Å². The van der Waals surface area contributed by atoms with Crippen molar-refractivity contribution in [3.63, 3.8) is 0 Å². The van der Waals surface area contributed by atoms with E-state index in [2.05, 4.69) is 5.16 Å². The summed E-state index contributed by atoms with van der Waals surface area (Å²) in [6.07, 6.45) is -1.23. The van der Waals surface area contributed by atoms with Crippen LogP contribution in [0.1, 0.15) is 52.9 Å². The number of nitrogens with zero attached hydrogens (tertiary/aromatic N) is 1. The molecular weight excluding hydrogens is 311 g/mol. The van der Waals surface area contributed by atoms with Crippen LogP contribution >= 0.6 is 0 Å². The highest BCUT2D eigenvalue weighted by Crippen LogP contribution is 2.44. The van der Waals surface area contributed by atoms with Gasteiger partial charge in [0.05, 0.1) is 11.3 Å². The van der Waals surface area contributed by atoms with Crippen LogP contribution in [0, 0.1) is 0 Å². The molecule has 23 heavy (non-hydrogen) atoms. The van der Waals surface area contributed by atoms with E-state index in [0.29, 0.717) is 12.1 Å². The van der Waals surface area contributed by atoms with Gasteiger partial charge in [-0.25, -0.2) is 4.79 Å². The van der Waals surface area contributed by atoms with Gasteiger partial charge in [0.15, 0.2) is 0 Å². The average molecular weight is 325 g/mol. The molecule has 1 heterocycles. The Hall–Kier alpha value is -2.31. The molecule has 0 unspecified atom stereocenters. The first kappa shape index (κ1) is 15.6. The molecule has 1 saturated carbocycles. The minimum Gasteiger partial charge on any atom is -0.422 e. The summed E-state index contributed by atoms with van der Waals surface area (Å²) in [5.41, 5.74) is 0.172. The van der Waals surface area contributed by atoms with E-state index in [-0.39, 0.29) is 11.5 Å². The fraction of sp³-hybridized carbons (Fsp3) is 0.375. The molecule has 0 spiro atoms. The Morgan fingerprint density at radius 2 is 2.13 bits per heavy atom. The van der Waals surface area contributed by atoms with Crippen LogP contribution in [0.4, 0.5) is 13.2 Å². The number of hydrogen-bond donors (Lipinski definition) is 0. The SMILES string of the molecule is CCc1nocc1C(=O)Oc1cc(C2CC2)ccc1C(F)(F)F. The van der Waals surface area contributed by atoms with E-state index in [1.165, 1.54) is 12.1 Å². The van der Waals surface area contributed by atoms with Gasteiger partial charge in [-0.05, 0) is 42.9 Å². The lowest BCUT2D eigenvalue weighted by Gasteiger charge is -2.14. The number of aromatic nitrogens is 1. The minimum atomic E-state index is -4.60. The molecule has 1 fully saturated rings. The van der Waals surface area contributed by atoms with Crippen LogP contribution in [-0.4, -0.2) is 11.1 Å². The molecule has 7 heteroatoms. The molecule has 0 radical (unpaired) electrons. The van der Waals surface area contributed by atoms with E-state index in [9.17, 15) is 18.0 Å². The summed E-state index contributed by atoms with van der Waals surface area (Å²) in [5.74, 6) is -1.13. The number of halogens is 3. The molecule has 0 amide bonds. The van der Waals surface area contributed by atoms with Crippen LogP contribution in [0.2, 0.25) is 0 Å². The molecule has 0 N–H and O–H groups in total. The Labute approximate surface area is 130 Å². The van der Waals surface area contributed by atoms with Crippen LogP contribution in [0.3, 0.4) is 0 Å². The lowest BCUT2D eigenvalue weighted by Crippen LogP contribution is -2.15. The molecule has 1 aliphatic carbocycles. The number of carbonyl (C=O) groups is 1. The number of carbonyl (C=O) groups excluding carboxylic acids is 1. The summed E-state index contributed by atoms with van der Waals surface area (Å²) in [7, 11) is 0. The maximum Gasteiger partial charge on any atom is 0.419 e. The highest BCUT2D eigenvalue weighted by atomic mass is 19.4. The molecule has 0 aliphatic heterocycles. The first-order valence-corrected chi connectivity index (χ1v) is 7.26. The van der Waals surface area contributed by atoms with E-state index in [4.69, 9.17) is 9.26 Å². The van der Waals surface area contributed by atoms with E-state index < -0.39 is 23.5 Å². The van der Waals surface area contributed by atoms with Gasteiger partial charge in [-0.3, -0.25) is 0 Å². The first-order chi connectivity index (χ1) is 10.9. The molecule has 1 aromatic heterocycles. The lowest BCUT2D eigenvalue weighted by molar-refractivity contribution is -0.138. The van der Waals surface area contributed by atoms with Gasteiger partial charge in [-0.1, -0.05) is 18.1 Å². The third kappa shape index (κ3) is 3.23. The van der Waals surface area contributed by atoms with E-state index in [1.807, 2.05) is 0 Å². The van der Waals surface area contributed by atoms with Crippen molar-refractivity contribution in [2.45, 2.75) is 38.3 Å². The van der Waals surface area contributed by atoms with Crippen molar-refractivity contribution in [2.24, 2.45) is 0 Å². The number of hydrogen-bond acceptors (Lipinski definition) is 4. The summed E-state index contributed by atoms with van der Waals surface area (Å²) in [4.78, 5) is 12.1. The summed E-state index contributed by atoms with van der Waals surface area (Å²) >= 11 is 0. The molecule has 1 aromatic carbocycles. The van der Waals surface area contributed by atoms with Crippen LogP contribution in [0.15, 0.2) is 29.0 Å². The third-order valence-electron chi connectivity index (χ3n) is 3.76. The Morgan fingerprint density at radius 3 is 2.74 bits per heavy atom. The van der Waals surface area contributed by atoms with Gasteiger partial charge in [0.1, 0.15) is 17.6 Å². The maximum atomic E-state index is 13.1. The summed E-state index contributed by atoms with van der Waals surface area (Å²) < 4.78 is 49.0. The Bertz CT molecular complexity index is 732. The summed E-state index contributed by atoms with van der Waals surface area (Å²) in [6.45, 7) is 1.75. The van der Waals surface area contributed by atoms with Crippen molar-refractivity contribution in [1.29, 1.82) is 0 Å². The fourth-order valence-corrected chi connectivity index (χ4v) is 2.36. The minimum absolute atomic E-state index is 0.0393. The molecule has 2 aromatic rings. The number of benzene rings is 1. The zero-order valence-electron chi connectivity index (χ0n) is 12.3. The van der Waals surface area contributed by atoms with E-state index in [1.54, 1.807) is 6.92 Å². The average Bonchev–Trinajstić information content (AvgIpc) is 3.23. The number of aryl methyl sites for hydroxylation is 1. The Kier molecular flexibility index (Phi) is 3.87. The van der Waals surface area contributed by atoms with Crippen LogP contribution < -0.4 is 4.74 Å². The van der Waals surface area contributed by atoms with Gasteiger partial charge in [-0.15, -0.1) is 0 Å². The van der Waals surface area contributed by atoms with Gasteiger partial charge in [-0.2, -0.15) is 13.2 Å². The molecule has 3 rings (SSSR count). The third-order valence-corrected chi connectivity index (χ3v) is 3.76. The van der Waals surface area contributed by atoms with Crippen molar-refractivity contribution in [1.82, 2.24) is 5.16 Å². The maximum absolute atomic E-state index is 13.1. The van der Waals surface area contributed by atoms with Crippen molar-refractivity contribution in [3.05, 3.63) is 46.8 Å². The Morgan fingerprint density at radius 1 is 1.39 bits per heavy atom. The van der Waals surface area contributed by atoms with E-state index >= 15 is 0 Å². The summed E-state index contributed by atoms with van der Waals surface area (Å²) in [5, 5.41) is 3.63. The molecule has 1 aliphatic rings. The second-order valence-corrected chi connectivity index (χ2v) is 5.45. The molecule has 0 atom stereocenters.